The summed E-state index contributed by atoms with van der Waals surface area (Å²) in [6.07, 6.45) is 3.75. The van der Waals surface area contributed by atoms with Crippen molar-refractivity contribution in [3.8, 4) is 0 Å². The van der Waals surface area contributed by atoms with Gasteiger partial charge in [0.1, 0.15) is 11.8 Å². The lowest BCUT2D eigenvalue weighted by molar-refractivity contribution is -0.385. The van der Waals surface area contributed by atoms with Crippen LogP contribution in [0.1, 0.15) is 22.6 Å². The quantitative estimate of drug-likeness (QED) is 0.224. The molecule has 1 saturated heterocycles. The van der Waals surface area contributed by atoms with E-state index in [2.05, 4.69) is 10.3 Å². The van der Waals surface area contributed by atoms with Crippen molar-refractivity contribution in [1.29, 1.82) is 0 Å². The maximum atomic E-state index is 12.3. The smallest absolute Gasteiger partial charge is 0.273 e. The maximum Gasteiger partial charge on any atom is 0.273 e. The predicted octanol–water partition coefficient (Wildman–Crippen LogP) is 1.86. The summed E-state index contributed by atoms with van der Waals surface area (Å²) in [5, 5.41) is 19.7. The van der Waals surface area contributed by atoms with Gasteiger partial charge in [-0.3, -0.25) is 29.3 Å². The van der Waals surface area contributed by atoms with E-state index in [9.17, 15) is 19.7 Å². The zero-order chi connectivity index (χ0) is 22.8. The molecule has 3 heterocycles. The molecule has 0 aliphatic carbocycles. The third-order valence-electron chi connectivity index (χ3n) is 5.64. The number of aldehydes is 1. The summed E-state index contributed by atoms with van der Waals surface area (Å²) in [6.45, 7) is 5.03. The molecule has 3 aromatic rings. The number of carbonyl (C=O) groups excluding carboxylic acids is 2. The Kier molecular flexibility index (Phi) is 5.82. The standard InChI is InChI=1S/C21H22N6O5/c1-14-18(15(2)32-23-14)10-25-9-17(7-22-25)26-13-24(11-20(26)21(29)12-28)8-16-5-3-4-6-19(16)27(30)31/h3-7,9,12,20H,8,10-11,13H2,1-2H3. The molecular formula is C21H22N6O5. The summed E-state index contributed by atoms with van der Waals surface area (Å²) in [6, 6.07) is 5.81. The van der Waals surface area contributed by atoms with Gasteiger partial charge in [-0.1, -0.05) is 23.4 Å². The second-order valence-corrected chi connectivity index (χ2v) is 7.74. The van der Waals surface area contributed by atoms with Crippen LogP contribution in [0.3, 0.4) is 0 Å². The van der Waals surface area contributed by atoms with Gasteiger partial charge >= 0.3 is 0 Å². The molecule has 0 saturated carbocycles. The SMILES string of the molecule is Cc1noc(C)c1Cn1cc(N2CN(Cc3ccccc3[N+](=O)[O-])CC2C(=O)C=O)cn1. The van der Waals surface area contributed by atoms with E-state index in [0.717, 1.165) is 11.3 Å². The van der Waals surface area contributed by atoms with Crippen molar-refractivity contribution < 1.29 is 19.0 Å². The molecule has 0 radical (unpaired) electrons. The molecule has 1 aliphatic rings. The van der Waals surface area contributed by atoms with Gasteiger partial charge in [-0.25, -0.2) is 0 Å². The number of rotatable bonds is 8. The molecule has 1 aliphatic heterocycles. The first-order valence-electron chi connectivity index (χ1n) is 10.0. The Hall–Kier alpha value is -3.86. The van der Waals surface area contributed by atoms with Crippen LogP contribution in [-0.4, -0.2) is 56.1 Å². The Morgan fingerprint density at radius 1 is 1.31 bits per heavy atom. The average molecular weight is 438 g/mol. The lowest BCUT2D eigenvalue weighted by Crippen LogP contribution is -2.38. The lowest BCUT2D eigenvalue weighted by Gasteiger charge is -2.21. The molecule has 32 heavy (non-hydrogen) atoms. The average Bonchev–Trinajstić information content (AvgIpc) is 3.49. The highest BCUT2D eigenvalue weighted by atomic mass is 16.6. The number of hydrogen-bond donors (Lipinski definition) is 0. The molecule has 0 N–H and O–H groups in total. The molecule has 4 rings (SSSR count). The monoisotopic (exact) mass is 438 g/mol. The summed E-state index contributed by atoms with van der Waals surface area (Å²) >= 11 is 0. The molecule has 166 valence electrons. The van der Waals surface area contributed by atoms with Gasteiger partial charge in [0, 0.05) is 36.5 Å². The van der Waals surface area contributed by atoms with E-state index in [1.807, 2.05) is 18.7 Å². The number of nitro benzene ring substituents is 1. The van der Waals surface area contributed by atoms with Crippen molar-refractivity contribution >= 4 is 23.4 Å². The second-order valence-electron chi connectivity index (χ2n) is 7.74. The molecule has 0 spiro atoms. The van der Waals surface area contributed by atoms with Gasteiger partial charge < -0.3 is 9.42 Å². The number of nitrogens with zero attached hydrogens (tertiary/aromatic N) is 6. The van der Waals surface area contributed by atoms with Gasteiger partial charge in [0.2, 0.25) is 5.78 Å². The second kappa shape index (κ2) is 8.71. The highest BCUT2D eigenvalue weighted by Gasteiger charge is 2.36. The topological polar surface area (TPSA) is 128 Å². The molecule has 1 unspecified atom stereocenters. The first-order valence-corrected chi connectivity index (χ1v) is 10.0. The highest BCUT2D eigenvalue weighted by Crippen LogP contribution is 2.27. The summed E-state index contributed by atoms with van der Waals surface area (Å²) in [7, 11) is 0. The van der Waals surface area contributed by atoms with Gasteiger partial charge in [-0.05, 0) is 13.8 Å². The Morgan fingerprint density at radius 2 is 2.09 bits per heavy atom. The lowest BCUT2D eigenvalue weighted by atomic mass is 10.1. The number of nitro groups is 1. The van der Waals surface area contributed by atoms with Gasteiger partial charge in [-0.15, -0.1) is 0 Å². The number of ketones is 1. The molecule has 0 amide bonds. The van der Waals surface area contributed by atoms with E-state index in [4.69, 9.17) is 4.52 Å². The molecule has 2 aromatic heterocycles. The van der Waals surface area contributed by atoms with Crippen LogP contribution in [0.2, 0.25) is 0 Å². The van der Waals surface area contributed by atoms with Crippen molar-refractivity contribution in [3.05, 3.63) is 69.4 Å². The molecule has 1 aromatic carbocycles. The van der Waals surface area contributed by atoms with Crippen molar-refractivity contribution in [2.75, 3.05) is 18.1 Å². The normalized spacial score (nSPS) is 16.4. The van der Waals surface area contributed by atoms with Gasteiger partial charge in [-0.2, -0.15) is 5.10 Å². The number of benzene rings is 1. The number of para-hydroxylation sites is 1. The van der Waals surface area contributed by atoms with Crippen LogP contribution >= 0.6 is 0 Å². The maximum absolute atomic E-state index is 12.3. The van der Waals surface area contributed by atoms with E-state index in [1.165, 1.54) is 6.07 Å². The largest absolute Gasteiger partial charge is 0.361 e. The first-order chi connectivity index (χ1) is 15.4. The van der Waals surface area contributed by atoms with Crippen LogP contribution in [0, 0.1) is 24.0 Å². The zero-order valence-corrected chi connectivity index (χ0v) is 17.7. The predicted molar refractivity (Wildman–Crippen MR) is 113 cm³/mol. The van der Waals surface area contributed by atoms with E-state index in [1.54, 1.807) is 40.2 Å². The number of anilines is 1. The van der Waals surface area contributed by atoms with Crippen molar-refractivity contribution in [2.24, 2.45) is 0 Å². The molecule has 1 atom stereocenters. The van der Waals surface area contributed by atoms with Crippen LogP contribution < -0.4 is 4.90 Å². The van der Waals surface area contributed by atoms with Crippen molar-refractivity contribution in [3.63, 3.8) is 0 Å². The Bertz CT molecular complexity index is 1150. The minimum absolute atomic E-state index is 0.0245. The van der Waals surface area contributed by atoms with Crippen LogP contribution in [-0.2, 0) is 22.7 Å². The van der Waals surface area contributed by atoms with Crippen LogP contribution in [0.15, 0.2) is 41.2 Å². The van der Waals surface area contributed by atoms with E-state index >= 15 is 0 Å². The fourth-order valence-corrected chi connectivity index (χ4v) is 3.95. The summed E-state index contributed by atoms with van der Waals surface area (Å²) < 4.78 is 6.91. The molecule has 0 bridgehead atoms. The number of carbonyl (C=O) groups is 2. The number of Topliss-reactive ketones (excluding diaryl/α,β-unsaturated/α-hetero) is 1. The van der Waals surface area contributed by atoms with Gasteiger partial charge in [0.15, 0.2) is 6.29 Å². The Labute approximate surface area is 183 Å². The fourth-order valence-electron chi connectivity index (χ4n) is 3.95. The van der Waals surface area contributed by atoms with Crippen molar-refractivity contribution in [2.45, 2.75) is 33.0 Å². The molecular weight excluding hydrogens is 416 g/mol. The third kappa shape index (κ3) is 4.14. The summed E-state index contributed by atoms with van der Waals surface area (Å²) in [4.78, 5) is 38.2. The van der Waals surface area contributed by atoms with E-state index in [-0.39, 0.29) is 18.8 Å². The third-order valence-corrected chi connectivity index (χ3v) is 5.64. The molecule has 11 nitrogen and oxygen atoms in total. The van der Waals surface area contributed by atoms with Gasteiger partial charge in [0.05, 0.1) is 35.7 Å². The van der Waals surface area contributed by atoms with Gasteiger partial charge in [0.25, 0.3) is 5.69 Å². The number of aromatic nitrogens is 3. The Balaban J connectivity index is 1.55. The zero-order valence-electron chi connectivity index (χ0n) is 17.7. The van der Waals surface area contributed by atoms with Crippen LogP contribution in [0.4, 0.5) is 11.4 Å². The molecule has 11 heteroatoms. The number of aryl methyl sites for hydroxylation is 2. The minimum atomic E-state index is -0.688. The summed E-state index contributed by atoms with van der Waals surface area (Å²) in [5.74, 6) is 0.166. The Morgan fingerprint density at radius 3 is 2.78 bits per heavy atom. The minimum Gasteiger partial charge on any atom is -0.361 e. The van der Waals surface area contributed by atoms with E-state index in [0.29, 0.717) is 36.5 Å². The van der Waals surface area contributed by atoms with Crippen LogP contribution in [0.5, 0.6) is 0 Å². The highest BCUT2D eigenvalue weighted by molar-refractivity contribution is 6.28. The van der Waals surface area contributed by atoms with Crippen molar-refractivity contribution in [1.82, 2.24) is 19.8 Å². The molecule has 1 fully saturated rings. The number of hydrogen-bond acceptors (Lipinski definition) is 9. The fraction of sp³-hybridized carbons (Fsp3) is 0.333. The summed E-state index contributed by atoms with van der Waals surface area (Å²) in [5.41, 5.74) is 2.97. The first kappa shape index (κ1) is 21.4. The van der Waals surface area contributed by atoms with Crippen LogP contribution in [0.25, 0.3) is 0 Å². The van der Waals surface area contributed by atoms with E-state index < -0.39 is 16.7 Å².